The molecule has 0 aliphatic rings. The molecule has 0 radical (unpaired) electrons. The molecule has 7 aromatic rings. The van der Waals surface area contributed by atoms with Gasteiger partial charge in [0.25, 0.3) is 0 Å². The summed E-state index contributed by atoms with van der Waals surface area (Å²) >= 11 is 0. The molecule has 0 N–H and O–H groups in total. The summed E-state index contributed by atoms with van der Waals surface area (Å²) in [5.41, 5.74) is 7.32. The van der Waals surface area contributed by atoms with E-state index in [4.69, 9.17) is 6.85 Å². The molecule has 0 atom stereocenters. The van der Waals surface area contributed by atoms with Crippen LogP contribution in [0.25, 0.3) is 66.1 Å². The summed E-state index contributed by atoms with van der Waals surface area (Å²) in [7, 11) is 0. The smallest absolute Gasteiger partial charge is 0.0622 e. The largest absolute Gasteiger partial charge is 0.0629 e. The van der Waals surface area contributed by atoms with Gasteiger partial charge in [0, 0.05) is 0 Å². The fraction of sp³-hybridized carbons (Fsp3) is 0. The number of fused-ring (bicyclic) bond motifs is 2. The molecule has 178 valence electrons. The predicted molar refractivity (Wildman–Crippen MR) is 163 cm³/mol. The molecular weight excluding hydrogens is 456 g/mol. The van der Waals surface area contributed by atoms with Crippen molar-refractivity contribution in [2.75, 3.05) is 0 Å². The van der Waals surface area contributed by atoms with Gasteiger partial charge in [-0.2, -0.15) is 0 Å². The standard InChI is InChI=1S/C38H26/c1-4-13-27(14-5-1)30-19-12-20-32(25-30)38-34-22-11-10-21-33(34)37(29-17-8-3-9-18-29)36-26-31(23-24-35(36)38)28-15-6-2-7-16-28/h1-26H/i2D,6D,7D,15D,16D. The molecule has 0 aromatic heterocycles. The zero-order chi connectivity index (χ0) is 29.7. The van der Waals surface area contributed by atoms with E-state index in [2.05, 4.69) is 66.7 Å². The van der Waals surface area contributed by atoms with E-state index in [0.717, 1.165) is 54.9 Å². The van der Waals surface area contributed by atoms with Gasteiger partial charge in [-0.15, -0.1) is 0 Å². The van der Waals surface area contributed by atoms with Gasteiger partial charge in [0.2, 0.25) is 0 Å². The van der Waals surface area contributed by atoms with Gasteiger partial charge in [-0.05, 0) is 78.2 Å². The van der Waals surface area contributed by atoms with Crippen molar-refractivity contribution < 1.29 is 6.85 Å². The van der Waals surface area contributed by atoms with Gasteiger partial charge in [0.05, 0.1) is 6.85 Å². The van der Waals surface area contributed by atoms with Crippen LogP contribution in [0.15, 0.2) is 158 Å². The van der Waals surface area contributed by atoms with Crippen LogP contribution in [0.2, 0.25) is 0 Å². The predicted octanol–water partition coefficient (Wildman–Crippen LogP) is 10.7. The molecule has 7 aromatic carbocycles. The summed E-state index contributed by atoms with van der Waals surface area (Å²) in [6.07, 6.45) is 0. The molecule has 0 heteroatoms. The van der Waals surface area contributed by atoms with Crippen LogP contribution >= 0.6 is 0 Å². The van der Waals surface area contributed by atoms with Gasteiger partial charge in [-0.25, -0.2) is 0 Å². The van der Waals surface area contributed by atoms with Crippen LogP contribution in [0, 0.1) is 0 Å². The third-order valence-electron chi connectivity index (χ3n) is 7.13. The van der Waals surface area contributed by atoms with Crippen molar-refractivity contribution >= 4 is 21.5 Å². The topological polar surface area (TPSA) is 0 Å². The van der Waals surface area contributed by atoms with Crippen molar-refractivity contribution in [3.63, 3.8) is 0 Å². The van der Waals surface area contributed by atoms with E-state index >= 15 is 0 Å². The molecule has 7 rings (SSSR count). The first-order valence-electron chi connectivity index (χ1n) is 15.2. The first-order chi connectivity index (χ1) is 20.9. The van der Waals surface area contributed by atoms with Crippen LogP contribution in [0.4, 0.5) is 0 Å². The minimum atomic E-state index is -0.393. The lowest BCUT2D eigenvalue weighted by Crippen LogP contribution is -1.92. The summed E-state index contributed by atoms with van der Waals surface area (Å²) in [5.74, 6) is 0. The number of benzene rings is 7. The van der Waals surface area contributed by atoms with Gasteiger partial charge in [-0.1, -0.05) is 145 Å². The molecular formula is C38H26. The lowest BCUT2D eigenvalue weighted by Gasteiger charge is -2.19. The quantitative estimate of drug-likeness (QED) is 0.217. The van der Waals surface area contributed by atoms with Crippen molar-refractivity contribution in [1.82, 2.24) is 0 Å². The van der Waals surface area contributed by atoms with Crippen LogP contribution in [0.5, 0.6) is 0 Å². The van der Waals surface area contributed by atoms with E-state index in [-0.39, 0.29) is 29.7 Å². The monoisotopic (exact) mass is 487 g/mol. The van der Waals surface area contributed by atoms with E-state index < -0.39 is 6.04 Å². The van der Waals surface area contributed by atoms with E-state index in [1.54, 1.807) is 0 Å². The second-order valence-corrected chi connectivity index (χ2v) is 9.37. The van der Waals surface area contributed by atoms with Crippen LogP contribution in [0.1, 0.15) is 6.85 Å². The SMILES string of the molecule is [2H]c1c([2H])c([2H])c(-c2ccc3c(-c4cccc(-c5ccccc5)c4)c4ccccc4c(-c4ccccc4)c3c2)c([2H])c1[2H]. The Hall–Kier alpha value is -4.94. The highest BCUT2D eigenvalue weighted by Gasteiger charge is 2.17. The van der Waals surface area contributed by atoms with E-state index in [0.29, 0.717) is 5.56 Å². The Labute approximate surface area is 230 Å². The van der Waals surface area contributed by atoms with Gasteiger partial charge in [0.15, 0.2) is 0 Å². The number of hydrogen-bond donors (Lipinski definition) is 0. The van der Waals surface area contributed by atoms with Gasteiger partial charge in [0.1, 0.15) is 0 Å². The molecule has 0 nitrogen and oxygen atoms in total. The summed E-state index contributed by atoms with van der Waals surface area (Å²) in [6, 6.07) is 42.0. The van der Waals surface area contributed by atoms with Crippen LogP contribution < -0.4 is 0 Å². The van der Waals surface area contributed by atoms with Crippen molar-refractivity contribution in [2.45, 2.75) is 0 Å². The molecule has 0 aliphatic carbocycles. The zero-order valence-electron chi connectivity index (χ0n) is 25.6. The highest BCUT2D eigenvalue weighted by atomic mass is 14.2. The number of rotatable bonds is 4. The average molecular weight is 488 g/mol. The fourth-order valence-electron chi connectivity index (χ4n) is 5.44. The summed E-state index contributed by atoms with van der Waals surface area (Å²) in [6.45, 7) is 0. The van der Waals surface area contributed by atoms with Crippen LogP contribution in [0.3, 0.4) is 0 Å². The first kappa shape index (κ1) is 17.5. The molecule has 0 bridgehead atoms. The molecule has 38 heavy (non-hydrogen) atoms. The minimum absolute atomic E-state index is 0.202. The molecule has 0 saturated carbocycles. The van der Waals surface area contributed by atoms with E-state index in [9.17, 15) is 0 Å². The fourth-order valence-corrected chi connectivity index (χ4v) is 5.44. The average Bonchev–Trinajstić information content (AvgIpc) is 3.06. The lowest BCUT2D eigenvalue weighted by molar-refractivity contribution is 1.60. The maximum absolute atomic E-state index is 8.64. The Balaban J connectivity index is 1.60. The summed E-state index contributed by atoms with van der Waals surface area (Å²) in [5, 5.41) is 4.18. The van der Waals surface area contributed by atoms with Crippen LogP contribution in [-0.2, 0) is 0 Å². The zero-order valence-corrected chi connectivity index (χ0v) is 20.6. The Morgan fingerprint density at radius 1 is 0.316 bits per heavy atom. The highest BCUT2D eigenvalue weighted by molar-refractivity contribution is 6.22. The lowest BCUT2D eigenvalue weighted by atomic mass is 9.84. The maximum atomic E-state index is 8.64. The van der Waals surface area contributed by atoms with Crippen molar-refractivity contribution in [1.29, 1.82) is 0 Å². The third kappa shape index (κ3) is 3.88. The first-order valence-corrected chi connectivity index (χ1v) is 12.7. The number of hydrogen-bond acceptors (Lipinski definition) is 0. The maximum Gasteiger partial charge on any atom is 0.0629 e. The van der Waals surface area contributed by atoms with Crippen molar-refractivity contribution in [3.05, 3.63) is 158 Å². The van der Waals surface area contributed by atoms with Gasteiger partial charge >= 0.3 is 0 Å². The van der Waals surface area contributed by atoms with Gasteiger partial charge < -0.3 is 0 Å². The van der Waals surface area contributed by atoms with E-state index in [1.807, 2.05) is 60.7 Å². The molecule has 0 unspecified atom stereocenters. The van der Waals surface area contributed by atoms with Gasteiger partial charge in [-0.3, -0.25) is 0 Å². The molecule has 0 saturated heterocycles. The molecule has 0 aliphatic heterocycles. The highest BCUT2D eigenvalue weighted by Crippen LogP contribution is 2.45. The third-order valence-corrected chi connectivity index (χ3v) is 7.13. The second-order valence-electron chi connectivity index (χ2n) is 9.37. The van der Waals surface area contributed by atoms with E-state index in [1.165, 1.54) is 0 Å². The summed E-state index contributed by atoms with van der Waals surface area (Å²) < 4.78 is 41.9. The Morgan fingerprint density at radius 2 is 0.842 bits per heavy atom. The normalized spacial score (nSPS) is 13.0. The minimum Gasteiger partial charge on any atom is -0.0622 e. The molecule has 0 heterocycles. The van der Waals surface area contributed by atoms with Crippen LogP contribution in [-0.4, -0.2) is 0 Å². The Kier molecular flexibility index (Phi) is 4.38. The molecule has 0 amide bonds. The van der Waals surface area contributed by atoms with Crippen molar-refractivity contribution in [3.8, 4) is 44.5 Å². The Bertz CT molecular complexity index is 2140. The summed E-state index contributed by atoms with van der Waals surface area (Å²) in [4.78, 5) is 0. The molecule has 0 spiro atoms. The Morgan fingerprint density at radius 3 is 1.55 bits per heavy atom. The second kappa shape index (κ2) is 9.50. The molecule has 0 fully saturated rings. The van der Waals surface area contributed by atoms with Crippen molar-refractivity contribution in [2.24, 2.45) is 0 Å².